The molecule has 2 rings (SSSR count). The van der Waals surface area contributed by atoms with Gasteiger partial charge in [0.05, 0.1) is 0 Å². The molecule has 1 aromatic heterocycles. The first-order chi connectivity index (χ1) is 9.78. The molecule has 0 aromatic carbocycles. The lowest BCUT2D eigenvalue weighted by Gasteiger charge is -2.23. The highest BCUT2D eigenvalue weighted by molar-refractivity contribution is 7.89. The third-order valence-corrected chi connectivity index (χ3v) is 6.02. The van der Waals surface area contributed by atoms with Gasteiger partial charge in [0, 0.05) is 25.8 Å². The molecule has 1 fully saturated rings. The summed E-state index contributed by atoms with van der Waals surface area (Å²) in [6, 6.07) is 1.20. The van der Waals surface area contributed by atoms with Gasteiger partial charge in [-0.1, -0.05) is 6.92 Å². The minimum Gasteiger partial charge on any atom is -0.477 e. The maximum absolute atomic E-state index is 12.6. The van der Waals surface area contributed by atoms with E-state index in [1.54, 1.807) is 7.05 Å². The van der Waals surface area contributed by atoms with E-state index < -0.39 is 16.0 Å². The van der Waals surface area contributed by atoms with Crippen LogP contribution in [0.4, 0.5) is 0 Å². The lowest BCUT2D eigenvalue weighted by atomic mass is 10.2. The van der Waals surface area contributed by atoms with Crippen LogP contribution in [0, 0.1) is 5.92 Å². The number of aromatic nitrogens is 1. The Morgan fingerprint density at radius 2 is 2.14 bits per heavy atom. The van der Waals surface area contributed by atoms with Gasteiger partial charge < -0.3 is 9.67 Å². The standard InChI is InChI=1S/C14H22N2O4S/c1-4-7-16-9-12(8-13(16)14(17)18)21(19,20)15(3)10(2)11-5-6-11/h8-11H,4-7H2,1-3H3,(H,17,18). The molecule has 21 heavy (non-hydrogen) atoms. The van der Waals surface area contributed by atoms with Gasteiger partial charge in [-0.3, -0.25) is 0 Å². The van der Waals surface area contributed by atoms with Gasteiger partial charge in [-0.05, 0) is 38.2 Å². The number of rotatable bonds is 7. The minimum atomic E-state index is -3.65. The Bertz CT molecular complexity index is 631. The third-order valence-electron chi connectivity index (χ3n) is 4.11. The van der Waals surface area contributed by atoms with Crippen molar-refractivity contribution < 1.29 is 18.3 Å². The van der Waals surface area contributed by atoms with E-state index in [1.807, 2.05) is 13.8 Å². The van der Waals surface area contributed by atoms with Crippen molar-refractivity contribution in [2.75, 3.05) is 7.05 Å². The molecule has 1 aliphatic rings. The zero-order chi connectivity index (χ0) is 15.8. The van der Waals surface area contributed by atoms with E-state index >= 15 is 0 Å². The lowest BCUT2D eigenvalue weighted by molar-refractivity contribution is 0.0685. The van der Waals surface area contributed by atoms with Crippen molar-refractivity contribution in [3.8, 4) is 0 Å². The number of hydrogen-bond donors (Lipinski definition) is 1. The van der Waals surface area contributed by atoms with Gasteiger partial charge in [-0.2, -0.15) is 4.31 Å². The largest absolute Gasteiger partial charge is 0.477 e. The Hall–Kier alpha value is -1.34. The Balaban J connectivity index is 2.35. The molecule has 1 saturated carbocycles. The first-order valence-corrected chi connectivity index (χ1v) is 8.64. The van der Waals surface area contributed by atoms with Crippen molar-refractivity contribution in [2.45, 2.75) is 50.6 Å². The molecular formula is C14H22N2O4S. The van der Waals surface area contributed by atoms with Gasteiger partial charge in [-0.15, -0.1) is 0 Å². The maximum atomic E-state index is 12.6. The lowest BCUT2D eigenvalue weighted by Crippen LogP contribution is -2.36. The number of aryl methyl sites for hydroxylation is 1. The number of carbonyl (C=O) groups is 1. The van der Waals surface area contributed by atoms with Crippen LogP contribution in [-0.4, -0.2) is 41.5 Å². The number of carboxylic acid groups (broad SMARTS) is 1. The minimum absolute atomic E-state index is 0.0166. The van der Waals surface area contributed by atoms with Crippen molar-refractivity contribution in [3.05, 3.63) is 18.0 Å². The second-order valence-corrected chi connectivity index (χ2v) is 7.66. The summed E-state index contributed by atoms with van der Waals surface area (Å²) in [6.45, 7) is 4.30. The molecule has 0 saturated heterocycles. The van der Waals surface area contributed by atoms with Crippen molar-refractivity contribution >= 4 is 16.0 Å². The van der Waals surface area contributed by atoms with Gasteiger partial charge >= 0.3 is 5.97 Å². The summed E-state index contributed by atoms with van der Waals surface area (Å²) in [7, 11) is -2.08. The molecule has 0 amide bonds. The van der Waals surface area contributed by atoms with Gasteiger partial charge in [0.1, 0.15) is 10.6 Å². The second-order valence-electron chi connectivity index (χ2n) is 5.66. The number of hydrogen-bond acceptors (Lipinski definition) is 3. The number of carboxylic acids is 1. The van der Waals surface area contributed by atoms with Crippen LogP contribution in [0.1, 0.15) is 43.6 Å². The van der Waals surface area contributed by atoms with Crippen LogP contribution in [0.3, 0.4) is 0 Å². The fraction of sp³-hybridized carbons (Fsp3) is 0.643. The van der Waals surface area contributed by atoms with Crippen molar-refractivity contribution in [1.29, 1.82) is 0 Å². The van der Waals surface area contributed by atoms with E-state index in [-0.39, 0.29) is 16.6 Å². The molecule has 1 aromatic rings. The number of nitrogens with zero attached hydrogens (tertiary/aromatic N) is 2. The smallest absolute Gasteiger partial charge is 0.352 e. The van der Waals surface area contributed by atoms with E-state index in [0.717, 1.165) is 19.3 Å². The quantitative estimate of drug-likeness (QED) is 0.835. The Morgan fingerprint density at radius 1 is 1.52 bits per heavy atom. The van der Waals surface area contributed by atoms with Crippen LogP contribution < -0.4 is 0 Å². The molecule has 0 radical (unpaired) electrons. The summed E-state index contributed by atoms with van der Waals surface area (Å²) >= 11 is 0. The predicted octanol–water partition coefficient (Wildman–Crippen LogP) is 2.02. The zero-order valence-electron chi connectivity index (χ0n) is 12.6. The van der Waals surface area contributed by atoms with Gasteiger partial charge in [-0.25, -0.2) is 13.2 Å². The first kappa shape index (κ1) is 16.0. The van der Waals surface area contributed by atoms with Crippen LogP contribution in [0.25, 0.3) is 0 Å². The Kier molecular flexibility index (Phi) is 4.43. The molecule has 1 unspecified atom stereocenters. The normalized spacial score (nSPS) is 17.1. The monoisotopic (exact) mass is 314 g/mol. The van der Waals surface area contributed by atoms with Gasteiger partial charge in [0.15, 0.2) is 0 Å². The molecule has 7 heteroatoms. The summed E-state index contributed by atoms with van der Waals surface area (Å²) < 4.78 is 28.1. The van der Waals surface area contributed by atoms with Gasteiger partial charge in [0.25, 0.3) is 0 Å². The third kappa shape index (κ3) is 3.13. The van der Waals surface area contributed by atoms with Crippen LogP contribution in [0.15, 0.2) is 17.2 Å². The summed E-state index contributed by atoms with van der Waals surface area (Å²) in [5.41, 5.74) is 0.0166. The van der Waals surface area contributed by atoms with Crippen LogP contribution in [0.5, 0.6) is 0 Å². The van der Waals surface area contributed by atoms with E-state index in [2.05, 4.69) is 0 Å². The zero-order valence-corrected chi connectivity index (χ0v) is 13.4. The number of aromatic carboxylic acids is 1. The highest BCUT2D eigenvalue weighted by atomic mass is 32.2. The van der Waals surface area contributed by atoms with E-state index in [4.69, 9.17) is 0 Å². The predicted molar refractivity (Wildman–Crippen MR) is 78.8 cm³/mol. The summed E-state index contributed by atoms with van der Waals surface area (Å²) in [5, 5.41) is 9.19. The average molecular weight is 314 g/mol. The van der Waals surface area contributed by atoms with Crippen LogP contribution in [-0.2, 0) is 16.6 Å². The molecule has 6 nitrogen and oxygen atoms in total. The summed E-state index contributed by atoms with van der Waals surface area (Å²) in [5.74, 6) is -0.691. The van der Waals surface area contributed by atoms with Crippen molar-refractivity contribution in [1.82, 2.24) is 8.87 Å². The maximum Gasteiger partial charge on any atom is 0.352 e. The Morgan fingerprint density at radius 3 is 2.62 bits per heavy atom. The molecule has 118 valence electrons. The average Bonchev–Trinajstić information content (AvgIpc) is 3.17. The van der Waals surface area contributed by atoms with E-state index in [9.17, 15) is 18.3 Å². The fourth-order valence-electron chi connectivity index (χ4n) is 2.49. The highest BCUT2D eigenvalue weighted by Gasteiger charge is 2.36. The topological polar surface area (TPSA) is 79.6 Å². The van der Waals surface area contributed by atoms with Crippen molar-refractivity contribution in [2.24, 2.45) is 5.92 Å². The summed E-state index contributed by atoms with van der Waals surface area (Å²) in [6.07, 6.45) is 4.28. The van der Waals surface area contributed by atoms with E-state index in [0.29, 0.717) is 12.5 Å². The number of sulfonamides is 1. The van der Waals surface area contributed by atoms with Crippen LogP contribution in [0.2, 0.25) is 0 Å². The fourth-order valence-corrected chi connectivity index (χ4v) is 3.95. The molecule has 0 spiro atoms. The summed E-state index contributed by atoms with van der Waals surface area (Å²) in [4.78, 5) is 11.3. The Labute approximate surface area is 125 Å². The SMILES string of the molecule is CCCn1cc(S(=O)(=O)N(C)C(C)C2CC2)cc1C(=O)O. The second kappa shape index (κ2) is 5.81. The van der Waals surface area contributed by atoms with Crippen LogP contribution >= 0.6 is 0 Å². The van der Waals surface area contributed by atoms with Crippen molar-refractivity contribution in [3.63, 3.8) is 0 Å². The molecular weight excluding hydrogens is 292 g/mol. The molecule has 0 bridgehead atoms. The molecule has 1 heterocycles. The molecule has 1 atom stereocenters. The first-order valence-electron chi connectivity index (χ1n) is 7.20. The van der Waals surface area contributed by atoms with Gasteiger partial charge in [0.2, 0.25) is 10.0 Å². The highest BCUT2D eigenvalue weighted by Crippen LogP contribution is 2.36. The molecule has 1 aliphatic carbocycles. The molecule has 1 N–H and O–H groups in total. The van der Waals surface area contributed by atoms with E-state index in [1.165, 1.54) is 21.1 Å². The molecule has 0 aliphatic heterocycles.